The molecule has 1 aromatic carbocycles. The van der Waals surface area contributed by atoms with Gasteiger partial charge in [0.2, 0.25) is 5.91 Å². The molecule has 0 N–H and O–H groups in total. The van der Waals surface area contributed by atoms with E-state index in [2.05, 4.69) is 11.7 Å². The summed E-state index contributed by atoms with van der Waals surface area (Å²) < 4.78 is 13.3. The van der Waals surface area contributed by atoms with Gasteiger partial charge < -0.3 is 9.74 Å². The van der Waals surface area contributed by atoms with Gasteiger partial charge in [0.15, 0.2) is 6.10 Å². The Kier molecular flexibility index (Phi) is 4.74. The Morgan fingerprint density at radius 1 is 1.48 bits per heavy atom. The highest BCUT2D eigenvalue weighted by Crippen LogP contribution is 2.29. The smallest absolute Gasteiger partial charge is 0.226 e. The Labute approximate surface area is 135 Å². The quantitative estimate of drug-likeness (QED) is 0.757. The highest BCUT2D eigenvalue weighted by Gasteiger charge is 2.32. The maximum atomic E-state index is 13.3. The molecule has 1 heterocycles. The van der Waals surface area contributed by atoms with Gasteiger partial charge in [0.25, 0.3) is 0 Å². The van der Waals surface area contributed by atoms with E-state index >= 15 is 0 Å². The largest absolute Gasteiger partial charge is 0.390 e. The van der Waals surface area contributed by atoms with E-state index in [4.69, 9.17) is 4.84 Å². The predicted molar refractivity (Wildman–Crippen MR) is 86.5 cm³/mol. The van der Waals surface area contributed by atoms with E-state index in [9.17, 15) is 9.18 Å². The van der Waals surface area contributed by atoms with E-state index in [1.54, 1.807) is 17.0 Å². The van der Waals surface area contributed by atoms with Crippen molar-refractivity contribution in [2.24, 2.45) is 11.1 Å². The Morgan fingerprint density at radius 3 is 2.96 bits per heavy atom. The Morgan fingerprint density at radius 2 is 2.30 bits per heavy atom. The third kappa shape index (κ3) is 3.60. The molecule has 0 bridgehead atoms. The summed E-state index contributed by atoms with van der Waals surface area (Å²) >= 11 is 0. The molecule has 1 aliphatic carbocycles. The summed E-state index contributed by atoms with van der Waals surface area (Å²) in [5, 5.41) is 4.07. The van der Waals surface area contributed by atoms with Gasteiger partial charge in [-0.3, -0.25) is 4.79 Å². The lowest BCUT2D eigenvalue weighted by molar-refractivity contribution is -0.139. The predicted octanol–water partition coefficient (Wildman–Crippen LogP) is 3.13. The van der Waals surface area contributed by atoms with Crippen molar-refractivity contribution in [3.63, 3.8) is 0 Å². The Bertz CT molecular complexity index is 625. The Balaban J connectivity index is 1.60. The van der Waals surface area contributed by atoms with Crippen LogP contribution in [0.4, 0.5) is 4.39 Å². The summed E-state index contributed by atoms with van der Waals surface area (Å²) in [6, 6.07) is 6.32. The first kappa shape index (κ1) is 15.7. The fourth-order valence-corrected chi connectivity index (χ4v) is 2.93. The van der Waals surface area contributed by atoms with Crippen molar-refractivity contribution in [1.82, 2.24) is 4.90 Å². The van der Waals surface area contributed by atoms with Crippen molar-refractivity contribution in [3.05, 3.63) is 48.3 Å². The molecule has 1 saturated carbocycles. The summed E-state index contributed by atoms with van der Waals surface area (Å²) in [6.45, 7) is 4.74. The van der Waals surface area contributed by atoms with Crippen molar-refractivity contribution in [2.45, 2.75) is 31.8 Å². The van der Waals surface area contributed by atoms with E-state index in [1.807, 2.05) is 6.07 Å². The van der Waals surface area contributed by atoms with Crippen LogP contribution in [0.5, 0.6) is 0 Å². The molecule has 1 amide bonds. The second kappa shape index (κ2) is 6.94. The zero-order chi connectivity index (χ0) is 16.2. The molecule has 3 rings (SSSR count). The van der Waals surface area contributed by atoms with Crippen molar-refractivity contribution in [3.8, 4) is 0 Å². The number of carbonyl (C=O) groups is 1. The SMILES string of the molecule is C=CCN(C[C@H]1CC(c2cccc(F)c2)=NO1)C(=O)C1CCC1. The molecule has 1 atom stereocenters. The van der Waals surface area contributed by atoms with Gasteiger partial charge in [-0.05, 0) is 25.0 Å². The molecule has 0 aromatic heterocycles. The summed E-state index contributed by atoms with van der Waals surface area (Å²) in [7, 11) is 0. The zero-order valence-electron chi connectivity index (χ0n) is 13.1. The van der Waals surface area contributed by atoms with E-state index in [0.717, 1.165) is 30.5 Å². The molecule has 0 spiro atoms. The lowest BCUT2D eigenvalue weighted by Crippen LogP contribution is -2.43. The molecule has 4 nitrogen and oxygen atoms in total. The number of nitrogens with zero attached hydrogens (tertiary/aromatic N) is 2. The average molecular weight is 316 g/mol. The van der Waals surface area contributed by atoms with Crippen LogP contribution in [0.2, 0.25) is 0 Å². The lowest BCUT2D eigenvalue weighted by atomic mass is 9.84. The van der Waals surface area contributed by atoms with Crippen LogP contribution in [-0.2, 0) is 9.63 Å². The second-order valence-corrected chi connectivity index (χ2v) is 6.14. The molecule has 1 fully saturated rings. The van der Waals surface area contributed by atoms with E-state index in [-0.39, 0.29) is 23.7 Å². The van der Waals surface area contributed by atoms with Crippen molar-refractivity contribution < 1.29 is 14.0 Å². The number of oxime groups is 1. The van der Waals surface area contributed by atoms with Crippen molar-refractivity contribution in [1.29, 1.82) is 0 Å². The van der Waals surface area contributed by atoms with Crippen LogP contribution in [-0.4, -0.2) is 35.7 Å². The maximum absolute atomic E-state index is 13.3. The van der Waals surface area contributed by atoms with Crippen LogP contribution in [0.3, 0.4) is 0 Å². The minimum Gasteiger partial charge on any atom is -0.390 e. The number of halogens is 1. The number of rotatable bonds is 6. The number of carbonyl (C=O) groups excluding carboxylic acids is 1. The van der Waals surface area contributed by atoms with Crippen LogP contribution < -0.4 is 0 Å². The number of hydrogen-bond acceptors (Lipinski definition) is 3. The molecule has 1 aromatic rings. The first-order chi connectivity index (χ1) is 11.2. The molecule has 5 heteroatoms. The topological polar surface area (TPSA) is 41.9 Å². The number of benzene rings is 1. The van der Waals surface area contributed by atoms with Gasteiger partial charge in [-0.15, -0.1) is 6.58 Å². The Hall–Kier alpha value is -2.17. The standard InChI is InChI=1S/C18H21FN2O2/c1-2-9-21(18(22)13-5-3-6-13)12-16-11-17(20-23-16)14-7-4-8-15(19)10-14/h2,4,7-8,10,13,16H,1,3,5-6,9,11-12H2/t16-/m1/s1. The minimum atomic E-state index is -0.290. The van der Waals surface area contributed by atoms with Crippen LogP contribution in [0.1, 0.15) is 31.2 Å². The summed E-state index contributed by atoms with van der Waals surface area (Å²) in [5.74, 6) is 0.0426. The molecule has 0 unspecified atom stereocenters. The third-order valence-corrected chi connectivity index (χ3v) is 4.43. The lowest BCUT2D eigenvalue weighted by Gasteiger charge is -2.32. The zero-order valence-corrected chi connectivity index (χ0v) is 13.1. The fourth-order valence-electron chi connectivity index (χ4n) is 2.93. The average Bonchev–Trinajstić information content (AvgIpc) is 2.93. The highest BCUT2D eigenvalue weighted by molar-refractivity contribution is 6.01. The van der Waals surface area contributed by atoms with Gasteiger partial charge in [-0.25, -0.2) is 4.39 Å². The molecule has 1 aliphatic heterocycles. The van der Waals surface area contributed by atoms with Crippen LogP contribution in [0.25, 0.3) is 0 Å². The molecular formula is C18H21FN2O2. The van der Waals surface area contributed by atoms with Crippen LogP contribution in [0, 0.1) is 11.7 Å². The van der Waals surface area contributed by atoms with Gasteiger partial charge >= 0.3 is 0 Å². The molecule has 2 aliphatic rings. The van der Waals surface area contributed by atoms with Gasteiger partial charge in [0.1, 0.15) is 5.82 Å². The molecule has 0 radical (unpaired) electrons. The minimum absolute atomic E-state index is 0.153. The second-order valence-electron chi connectivity index (χ2n) is 6.14. The van der Waals surface area contributed by atoms with E-state index in [0.29, 0.717) is 19.5 Å². The molecular weight excluding hydrogens is 295 g/mol. The number of hydrogen-bond donors (Lipinski definition) is 0. The van der Waals surface area contributed by atoms with E-state index < -0.39 is 0 Å². The molecule has 122 valence electrons. The molecule has 23 heavy (non-hydrogen) atoms. The van der Waals surface area contributed by atoms with Crippen LogP contribution in [0.15, 0.2) is 42.1 Å². The van der Waals surface area contributed by atoms with Gasteiger partial charge in [-0.2, -0.15) is 0 Å². The third-order valence-electron chi connectivity index (χ3n) is 4.43. The number of amides is 1. The van der Waals surface area contributed by atoms with Gasteiger partial charge in [0.05, 0.1) is 12.3 Å². The van der Waals surface area contributed by atoms with E-state index in [1.165, 1.54) is 12.1 Å². The van der Waals surface area contributed by atoms with Gasteiger partial charge in [0, 0.05) is 24.4 Å². The summed E-state index contributed by atoms with van der Waals surface area (Å²) in [6.07, 6.45) is 5.21. The van der Waals surface area contributed by atoms with Crippen LogP contribution >= 0.6 is 0 Å². The van der Waals surface area contributed by atoms with Crippen molar-refractivity contribution in [2.75, 3.05) is 13.1 Å². The van der Waals surface area contributed by atoms with Crippen molar-refractivity contribution >= 4 is 11.6 Å². The fraction of sp³-hybridized carbons (Fsp3) is 0.444. The first-order valence-electron chi connectivity index (χ1n) is 8.05. The maximum Gasteiger partial charge on any atom is 0.226 e. The summed E-state index contributed by atoms with van der Waals surface area (Å²) in [4.78, 5) is 19.7. The first-order valence-corrected chi connectivity index (χ1v) is 8.05. The highest BCUT2D eigenvalue weighted by atomic mass is 19.1. The van der Waals surface area contributed by atoms with Gasteiger partial charge in [-0.1, -0.05) is 29.8 Å². The monoisotopic (exact) mass is 316 g/mol. The normalized spacial score (nSPS) is 20.4. The summed E-state index contributed by atoms with van der Waals surface area (Å²) in [5.41, 5.74) is 1.46. The molecule has 0 saturated heterocycles.